The average molecular weight is 507 g/mol. The second-order valence-corrected chi connectivity index (χ2v) is 11.7. The zero-order valence-electron chi connectivity index (χ0n) is 22.8. The molecule has 2 N–H and O–H groups in total. The number of hydrogen-bond donors (Lipinski definition) is 2. The van der Waals surface area contributed by atoms with Gasteiger partial charge < -0.3 is 29.6 Å². The maximum absolute atomic E-state index is 12.9. The minimum absolute atomic E-state index is 0.0175. The number of ether oxygens (including phenoxy) is 4. The predicted molar refractivity (Wildman–Crippen MR) is 137 cm³/mol. The van der Waals surface area contributed by atoms with Crippen LogP contribution >= 0.6 is 0 Å². The molecule has 2 aliphatic carbocycles. The Morgan fingerprint density at radius 2 is 1.75 bits per heavy atom. The number of amides is 2. The highest BCUT2D eigenvalue weighted by molar-refractivity contribution is 5.76. The highest BCUT2D eigenvalue weighted by Crippen LogP contribution is 2.59. The first-order valence-electron chi connectivity index (χ1n) is 13.9. The van der Waals surface area contributed by atoms with E-state index in [0.29, 0.717) is 19.4 Å². The van der Waals surface area contributed by atoms with E-state index in [1.807, 2.05) is 0 Å². The molecule has 36 heavy (non-hydrogen) atoms. The van der Waals surface area contributed by atoms with Crippen LogP contribution in [-0.4, -0.2) is 67.3 Å². The Morgan fingerprint density at radius 3 is 2.33 bits per heavy atom. The smallest absolute Gasteiger partial charge is 0.407 e. The first-order valence-corrected chi connectivity index (χ1v) is 13.9. The van der Waals surface area contributed by atoms with Crippen molar-refractivity contribution in [1.29, 1.82) is 0 Å². The van der Waals surface area contributed by atoms with Crippen molar-refractivity contribution < 1.29 is 28.5 Å². The topological polar surface area (TPSA) is 102 Å². The van der Waals surface area contributed by atoms with E-state index in [1.54, 1.807) is 7.11 Å². The van der Waals surface area contributed by atoms with Gasteiger partial charge in [0, 0.05) is 25.6 Å². The number of epoxide rings is 2. The van der Waals surface area contributed by atoms with Gasteiger partial charge in [0.2, 0.25) is 5.91 Å². The Labute approximate surface area is 216 Å². The molecular formula is C28H46N2O6. The van der Waals surface area contributed by atoms with Crippen LogP contribution in [0, 0.1) is 5.92 Å². The summed E-state index contributed by atoms with van der Waals surface area (Å²) < 4.78 is 24.2. The molecule has 0 radical (unpaired) electrons. The fraction of sp³-hybridized carbons (Fsp3) is 0.857. The summed E-state index contributed by atoms with van der Waals surface area (Å²) in [4.78, 5) is 24.9. The van der Waals surface area contributed by atoms with E-state index >= 15 is 0 Å². The number of hydrogen-bond acceptors (Lipinski definition) is 6. The van der Waals surface area contributed by atoms with E-state index in [-0.39, 0.29) is 59.5 Å². The van der Waals surface area contributed by atoms with Gasteiger partial charge in [0.1, 0.15) is 23.4 Å². The molecule has 4 rings (SSSR count). The lowest BCUT2D eigenvalue weighted by Crippen LogP contribution is -2.56. The SMILES string of the molecule is CCCCC(=O)NC1CCC(NC(=O)OC2CC[C@]3(CO3)C([C@@]3(C)O[C@@H]3CC=C(C)C)C2OC)CC1. The lowest BCUT2D eigenvalue weighted by Gasteiger charge is -2.42. The largest absolute Gasteiger partial charge is 0.443 e. The van der Waals surface area contributed by atoms with E-state index in [9.17, 15) is 9.59 Å². The lowest BCUT2D eigenvalue weighted by atomic mass is 9.68. The predicted octanol–water partition coefficient (Wildman–Crippen LogP) is 4.41. The molecule has 0 aromatic rings. The molecule has 2 amide bonds. The third kappa shape index (κ3) is 6.25. The molecule has 6 atom stereocenters. The first kappa shape index (κ1) is 27.4. The molecule has 3 unspecified atom stereocenters. The molecular weight excluding hydrogens is 460 g/mol. The van der Waals surface area contributed by atoms with Crippen LogP contribution in [-0.2, 0) is 23.7 Å². The number of rotatable bonds is 10. The molecule has 2 saturated carbocycles. The van der Waals surface area contributed by atoms with Crippen molar-refractivity contribution in [3.63, 3.8) is 0 Å². The molecule has 0 bridgehead atoms. The lowest BCUT2D eigenvalue weighted by molar-refractivity contribution is -0.122. The summed E-state index contributed by atoms with van der Waals surface area (Å²) in [7, 11) is 1.69. The number of unbranched alkanes of at least 4 members (excludes halogenated alkanes) is 1. The summed E-state index contributed by atoms with van der Waals surface area (Å²) in [5, 5.41) is 6.20. The number of carbonyl (C=O) groups is 2. The van der Waals surface area contributed by atoms with Crippen LogP contribution in [0.4, 0.5) is 4.79 Å². The molecule has 1 spiro atoms. The number of allylic oxidation sites excluding steroid dienone is 1. The average Bonchev–Trinajstić information content (AvgIpc) is 3.75. The first-order chi connectivity index (χ1) is 17.2. The minimum Gasteiger partial charge on any atom is -0.443 e. The van der Waals surface area contributed by atoms with Gasteiger partial charge in [0.15, 0.2) is 0 Å². The monoisotopic (exact) mass is 506 g/mol. The third-order valence-electron chi connectivity index (χ3n) is 8.67. The second kappa shape index (κ2) is 11.4. The van der Waals surface area contributed by atoms with Crippen LogP contribution in [0.2, 0.25) is 0 Å². The summed E-state index contributed by atoms with van der Waals surface area (Å²) in [6.07, 6.45) is 9.73. The van der Waals surface area contributed by atoms with E-state index in [2.05, 4.69) is 44.4 Å². The van der Waals surface area contributed by atoms with Crippen LogP contribution in [0.1, 0.15) is 91.9 Å². The molecule has 2 saturated heterocycles. The Bertz CT molecular complexity index is 815. The van der Waals surface area contributed by atoms with Crippen molar-refractivity contribution in [3.8, 4) is 0 Å². The Kier molecular flexibility index (Phi) is 8.67. The molecule has 8 nitrogen and oxygen atoms in total. The fourth-order valence-corrected chi connectivity index (χ4v) is 6.43. The molecule has 204 valence electrons. The zero-order chi connectivity index (χ0) is 25.9. The van der Waals surface area contributed by atoms with Gasteiger partial charge in [-0.3, -0.25) is 4.79 Å². The van der Waals surface area contributed by atoms with Gasteiger partial charge in [-0.1, -0.05) is 25.0 Å². The van der Waals surface area contributed by atoms with Gasteiger partial charge >= 0.3 is 6.09 Å². The second-order valence-electron chi connectivity index (χ2n) is 11.7. The fourth-order valence-electron chi connectivity index (χ4n) is 6.43. The van der Waals surface area contributed by atoms with Crippen LogP contribution in [0.15, 0.2) is 11.6 Å². The highest BCUT2D eigenvalue weighted by Gasteiger charge is 2.72. The zero-order valence-corrected chi connectivity index (χ0v) is 22.8. The van der Waals surface area contributed by atoms with E-state index in [0.717, 1.165) is 51.4 Å². The van der Waals surface area contributed by atoms with Gasteiger partial charge in [-0.15, -0.1) is 0 Å². The number of alkyl carbamates (subject to hydrolysis) is 1. The van der Waals surface area contributed by atoms with Crippen molar-refractivity contribution in [2.45, 2.75) is 134 Å². The van der Waals surface area contributed by atoms with Gasteiger partial charge in [0.25, 0.3) is 0 Å². The van der Waals surface area contributed by atoms with E-state index < -0.39 is 0 Å². The van der Waals surface area contributed by atoms with E-state index in [1.165, 1.54) is 5.57 Å². The highest BCUT2D eigenvalue weighted by atomic mass is 16.6. The van der Waals surface area contributed by atoms with Crippen molar-refractivity contribution >= 4 is 12.0 Å². The summed E-state index contributed by atoms with van der Waals surface area (Å²) in [5.74, 6) is 0.155. The van der Waals surface area contributed by atoms with Gasteiger partial charge in [-0.2, -0.15) is 0 Å². The number of nitrogens with one attached hydrogen (secondary N) is 2. The molecule has 4 fully saturated rings. The van der Waals surface area contributed by atoms with Gasteiger partial charge in [-0.05, 0) is 72.1 Å². The number of carbonyl (C=O) groups excluding carboxylic acids is 2. The van der Waals surface area contributed by atoms with Crippen molar-refractivity contribution in [3.05, 3.63) is 11.6 Å². The van der Waals surface area contributed by atoms with Crippen LogP contribution in [0.25, 0.3) is 0 Å². The molecule has 0 aromatic carbocycles. The number of methoxy groups -OCH3 is 1. The summed E-state index contributed by atoms with van der Waals surface area (Å²) in [6, 6.07) is 0.270. The summed E-state index contributed by atoms with van der Waals surface area (Å²) >= 11 is 0. The molecule has 0 aromatic heterocycles. The normalized spacial score (nSPS) is 39.2. The molecule has 4 aliphatic rings. The molecule has 8 heteroatoms. The minimum atomic E-state index is -0.383. The molecule has 2 heterocycles. The van der Waals surface area contributed by atoms with Crippen LogP contribution in [0.3, 0.4) is 0 Å². The van der Waals surface area contributed by atoms with Crippen molar-refractivity contribution in [2.75, 3.05) is 13.7 Å². The third-order valence-corrected chi connectivity index (χ3v) is 8.67. The Morgan fingerprint density at radius 1 is 1.08 bits per heavy atom. The Balaban J connectivity index is 1.28. The standard InChI is InChI=1S/C28H46N2O6/c1-6-7-8-23(31)29-19-10-12-20(13-11-19)30-26(32)35-21-15-16-28(17-34-28)25(24(21)33-5)27(4)22(36-27)14-9-18(2)3/h9,19-22,24-25H,6-8,10-17H2,1-5H3,(H,29,31)(H,30,32)/t19?,20?,21?,22-,24?,25?,27+,28+/m1/s1. The van der Waals surface area contributed by atoms with Crippen LogP contribution in [0.5, 0.6) is 0 Å². The summed E-state index contributed by atoms with van der Waals surface area (Å²) in [5.41, 5.74) is 0.704. The maximum Gasteiger partial charge on any atom is 0.407 e. The van der Waals surface area contributed by atoms with Gasteiger partial charge in [-0.25, -0.2) is 4.79 Å². The van der Waals surface area contributed by atoms with E-state index in [4.69, 9.17) is 18.9 Å². The summed E-state index contributed by atoms with van der Waals surface area (Å²) in [6.45, 7) is 9.15. The quantitative estimate of drug-likeness (QED) is 0.336. The van der Waals surface area contributed by atoms with Crippen LogP contribution < -0.4 is 10.6 Å². The molecule has 2 aliphatic heterocycles. The van der Waals surface area contributed by atoms with Crippen molar-refractivity contribution in [2.24, 2.45) is 5.92 Å². The van der Waals surface area contributed by atoms with Crippen molar-refractivity contribution in [1.82, 2.24) is 10.6 Å². The maximum atomic E-state index is 12.9. The van der Waals surface area contributed by atoms with Gasteiger partial charge in [0.05, 0.1) is 18.6 Å². The Hall–Kier alpha value is -1.64.